The van der Waals surface area contributed by atoms with Crippen molar-refractivity contribution in [3.05, 3.63) is 0 Å². The van der Waals surface area contributed by atoms with Crippen LogP contribution in [-0.2, 0) is 4.79 Å². The van der Waals surface area contributed by atoms with Crippen LogP contribution in [0.25, 0.3) is 0 Å². The van der Waals surface area contributed by atoms with Crippen LogP contribution >= 0.6 is 11.8 Å². The number of hydrogen-bond donors (Lipinski definition) is 2. The second-order valence-electron chi connectivity index (χ2n) is 6.05. The zero-order valence-electron chi connectivity index (χ0n) is 12.1. The number of rotatable bonds is 5. The van der Waals surface area contributed by atoms with Crippen molar-refractivity contribution in [2.24, 2.45) is 17.6 Å². The smallest absolute Gasteiger partial charge is 0.223 e. The van der Waals surface area contributed by atoms with Gasteiger partial charge in [0.05, 0.1) is 0 Å². The molecule has 3 N–H and O–H groups in total. The molecule has 0 aliphatic heterocycles. The fraction of sp³-hybridized carbons (Fsp3) is 0.933. The highest BCUT2D eigenvalue weighted by Crippen LogP contribution is 2.31. The van der Waals surface area contributed by atoms with Gasteiger partial charge in [0, 0.05) is 17.2 Å². The number of nitrogens with one attached hydrogen (secondary N) is 1. The first-order chi connectivity index (χ1) is 9.22. The third-order valence-electron chi connectivity index (χ3n) is 4.68. The van der Waals surface area contributed by atoms with E-state index in [1.165, 1.54) is 25.0 Å². The molecule has 0 saturated heterocycles. The standard InChI is InChI=1S/C15H28N2OS/c1-2-19-14-8-7-13(9-14)17-15(18)12-5-3-11(10-16)4-6-12/h11-14H,2-10,16H2,1H3,(H,17,18). The quantitative estimate of drug-likeness (QED) is 0.816. The van der Waals surface area contributed by atoms with E-state index < -0.39 is 0 Å². The molecule has 2 atom stereocenters. The average molecular weight is 284 g/mol. The molecule has 2 aliphatic rings. The summed E-state index contributed by atoms with van der Waals surface area (Å²) in [6, 6.07) is 0.434. The van der Waals surface area contributed by atoms with E-state index in [2.05, 4.69) is 12.2 Å². The van der Waals surface area contributed by atoms with Gasteiger partial charge in [-0.3, -0.25) is 4.79 Å². The molecule has 0 aromatic carbocycles. The molecule has 2 aliphatic carbocycles. The highest BCUT2D eigenvalue weighted by molar-refractivity contribution is 7.99. The van der Waals surface area contributed by atoms with Gasteiger partial charge in [-0.2, -0.15) is 11.8 Å². The summed E-state index contributed by atoms with van der Waals surface area (Å²) < 4.78 is 0. The Balaban J connectivity index is 1.70. The van der Waals surface area contributed by atoms with Crippen LogP contribution in [0.5, 0.6) is 0 Å². The monoisotopic (exact) mass is 284 g/mol. The van der Waals surface area contributed by atoms with Crippen molar-refractivity contribution in [1.29, 1.82) is 0 Å². The number of amides is 1. The van der Waals surface area contributed by atoms with Crippen LogP contribution in [0.3, 0.4) is 0 Å². The van der Waals surface area contributed by atoms with Crippen molar-refractivity contribution in [3.8, 4) is 0 Å². The van der Waals surface area contributed by atoms with Crippen molar-refractivity contribution in [2.45, 2.75) is 63.2 Å². The highest BCUT2D eigenvalue weighted by Gasteiger charge is 2.30. The Labute approximate surface area is 121 Å². The van der Waals surface area contributed by atoms with E-state index in [0.717, 1.165) is 37.5 Å². The number of carbonyl (C=O) groups is 1. The minimum Gasteiger partial charge on any atom is -0.353 e. The summed E-state index contributed by atoms with van der Waals surface area (Å²) in [6.07, 6.45) is 7.94. The molecule has 19 heavy (non-hydrogen) atoms. The Kier molecular flexibility index (Phi) is 6.02. The van der Waals surface area contributed by atoms with E-state index in [4.69, 9.17) is 5.73 Å². The third-order valence-corrected chi connectivity index (χ3v) is 5.92. The lowest BCUT2D eigenvalue weighted by atomic mass is 9.81. The largest absolute Gasteiger partial charge is 0.353 e. The molecular weight excluding hydrogens is 256 g/mol. The third kappa shape index (κ3) is 4.38. The highest BCUT2D eigenvalue weighted by atomic mass is 32.2. The molecule has 110 valence electrons. The van der Waals surface area contributed by atoms with Gasteiger partial charge < -0.3 is 11.1 Å². The van der Waals surface area contributed by atoms with Crippen molar-refractivity contribution < 1.29 is 4.79 Å². The van der Waals surface area contributed by atoms with Gasteiger partial charge in [0.25, 0.3) is 0 Å². The SMILES string of the molecule is CCSC1CCC(NC(=O)C2CCC(CN)CC2)C1. The topological polar surface area (TPSA) is 55.1 Å². The molecule has 2 fully saturated rings. The van der Waals surface area contributed by atoms with Crippen molar-refractivity contribution >= 4 is 17.7 Å². The van der Waals surface area contributed by atoms with E-state index >= 15 is 0 Å². The van der Waals surface area contributed by atoms with Gasteiger partial charge in [-0.15, -0.1) is 0 Å². The molecule has 3 nitrogen and oxygen atoms in total. The number of thioether (sulfide) groups is 1. The summed E-state index contributed by atoms with van der Waals surface area (Å²) in [5.41, 5.74) is 5.70. The molecule has 1 amide bonds. The van der Waals surface area contributed by atoms with Crippen LogP contribution in [0, 0.1) is 11.8 Å². The van der Waals surface area contributed by atoms with Gasteiger partial charge in [0.15, 0.2) is 0 Å². The Morgan fingerprint density at radius 1 is 1.21 bits per heavy atom. The average Bonchev–Trinajstić information content (AvgIpc) is 2.86. The van der Waals surface area contributed by atoms with E-state index in [1.807, 2.05) is 11.8 Å². The summed E-state index contributed by atoms with van der Waals surface area (Å²) in [5.74, 6) is 2.40. The minimum atomic E-state index is 0.251. The Hall–Kier alpha value is -0.220. The summed E-state index contributed by atoms with van der Waals surface area (Å²) in [7, 11) is 0. The molecule has 0 aromatic rings. The molecule has 0 bridgehead atoms. The van der Waals surface area contributed by atoms with E-state index in [-0.39, 0.29) is 5.92 Å². The number of nitrogens with two attached hydrogens (primary N) is 1. The summed E-state index contributed by atoms with van der Waals surface area (Å²) in [4.78, 5) is 12.3. The zero-order chi connectivity index (χ0) is 13.7. The van der Waals surface area contributed by atoms with Gasteiger partial charge in [-0.25, -0.2) is 0 Å². The van der Waals surface area contributed by atoms with E-state index in [9.17, 15) is 4.79 Å². The maximum absolute atomic E-state index is 12.3. The van der Waals surface area contributed by atoms with E-state index in [0.29, 0.717) is 17.9 Å². The van der Waals surface area contributed by atoms with Crippen LogP contribution < -0.4 is 11.1 Å². The summed E-state index contributed by atoms with van der Waals surface area (Å²) >= 11 is 2.04. The summed E-state index contributed by atoms with van der Waals surface area (Å²) in [6.45, 7) is 3.00. The van der Waals surface area contributed by atoms with Gasteiger partial charge in [-0.1, -0.05) is 6.92 Å². The predicted molar refractivity (Wildman–Crippen MR) is 82.2 cm³/mol. The minimum absolute atomic E-state index is 0.251. The number of carbonyl (C=O) groups excluding carboxylic acids is 1. The molecule has 0 radical (unpaired) electrons. The Morgan fingerprint density at radius 3 is 2.58 bits per heavy atom. The van der Waals surface area contributed by atoms with Crippen molar-refractivity contribution in [3.63, 3.8) is 0 Å². The predicted octanol–water partition coefficient (Wildman–Crippen LogP) is 2.54. The van der Waals surface area contributed by atoms with Crippen LogP contribution in [0.4, 0.5) is 0 Å². The first-order valence-electron chi connectivity index (χ1n) is 7.85. The fourth-order valence-electron chi connectivity index (χ4n) is 3.44. The first kappa shape index (κ1) is 15.2. The van der Waals surface area contributed by atoms with Crippen LogP contribution in [0.2, 0.25) is 0 Å². The molecule has 4 heteroatoms. The Morgan fingerprint density at radius 2 is 1.95 bits per heavy atom. The van der Waals surface area contributed by atoms with Gasteiger partial charge in [0.2, 0.25) is 5.91 Å². The van der Waals surface area contributed by atoms with Gasteiger partial charge >= 0.3 is 0 Å². The molecule has 0 aromatic heterocycles. The maximum atomic E-state index is 12.3. The molecule has 2 rings (SSSR count). The molecule has 0 heterocycles. The molecule has 2 saturated carbocycles. The fourth-order valence-corrected chi connectivity index (χ4v) is 4.58. The van der Waals surface area contributed by atoms with Gasteiger partial charge in [-0.05, 0) is 63.2 Å². The zero-order valence-corrected chi connectivity index (χ0v) is 12.9. The van der Waals surface area contributed by atoms with Gasteiger partial charge in [0.1, 0.15) is 0 Å². The van der Waals surface area contributed by atoms with E-state index in [1.54, 1.807) is 0 Å². The normalized spacial score (nSPS) is 35.3. The maximum Gasteiger partial charge on any atom is 0.223 e. The van der Waals surface area contributed by atoms with Crippen LogP contribution in [-0.4, -0.2) is 29.5 Å². The lowest BCUT2D eigenvalue weighted by molar-refractivity contribution is -0.126. The van der Waals surface area contributed by atoms with Crippen molar-refractivity contribution in [2.75, 3.05) is 12.3 Å². The number of hydrogen-bond acceptors (Lipinski definition) is 3. The second kappa shape index (κ2) is 7.53. The molecule has 0 spiro atoms. The lowest BCUT2D eigenvalue weighted by Gasteiger charge is -2.27. The lowest BCUT2D eigenvalue weighted by Crippen LogP contribution is -2.39. The first-order valence-corrected chi connectivity index (χ1v) is 8.89. The molecule has 2 unspecified atom stereocenters. The van der Waals surface area contributed by atoms with Crippen molar-refractivity contribution in [1.82, 2.24) is 5.32 Å². The summed E-state index contributed by atoms with van der Waals surface area (Å²) in [5, 5.41) is 4.05. The molecular formula is C15H28N2OS. The van der Waals surface area contributed by atoms with Crippen LogP contribution in [0.15, 0.2) is 0 Å². The second-order valence-corrected chi connectivity index (χ2v) is 7.63. The Bertz CT molecular complexity index is 290. The van der Waals surface area contributed by atoms with Crippen LogP contribution in [0.1, 0.15) is 51.9 Å².